The lowest BCUT2D eigenvalue weighted by atomic mass is 10.3. The molecule has 124 valence electrons. The monoisotopic (exact) mass is 363 g/mol. The van der Waals surface area contributed by atoms with Crippen LogP contribution < -0.4 is 10.1 Å². The van der Waals surface area contributed by atoms with Gasteiger partial charge in [0, 0.05) is 12.7 Å². The van der Waals surface area contributed by atoms with Crippen LogP contribution in [-0.2, 0) is 11.8 Å². The highest BCUT2D eigenvalue weighted by atomic mass is 35.5. The molecule has 1 aromatic carbocycles. The third-order valence-electron chi connectivity index (χ3n) is 3.27. The van der Waals surface area contributed by atoms with E-state index in [1.54, 1.807) is 29.1 Å². The van der Waals surface area contributed by atoms with Crippen molar-refractivity contribution >= 4 is 46.0 Å². The first-order valence-electron chi connectivity index (χ1n) is 6.97. The fourth-order valence-electron chi connectivity index (χ4n) is 2.13. The summed E-state index contributed by atoms with van der Waals surface area (Å²) in [5.74, 6) is 0.617. The van der Waals surface area contributed by atoms with Gasteiger partial charge in [-0.2, -0.15) is 5.10 Å². The summed E-state index contributed by atoms with van der Waals surface area (Å²) in [7, 11) is 3.35. The maximum atomic E-state index is 12.1. The van der Waals surface area contributed by atoms with E-state index in [9.17, 15) is 4.79 Å². The number of halogens is 1. The van der Waals surface area contributed by atoms with E-state index in [0.29, 0.717) is 16.5 Å². The summed E-state index contributed by atoms with van der Waals surface area (Å²) in [6.45, 7) is 0. The molecule has 7 nitrogen and oxygen atoms in total. The Morgan fingerprint density at radius 2 is 2.25 bits per heavy atom. The number of hydrogen-bond donors (Lipinski definition) is 1. The molecule has 0 saturated carbocycles. The first-order chi connectivity index (χ1) is 11.6. The third kappa shape index (κ3) is 3.44. The molecule has 1 amide bonds. The van der Waals surface area contributed by atoms with Crippen LogP contribution in [0, 0.1) is 0 Å². The summed E-state index contributed by atoms with van der Waals surface area (Å²) in [4.78, 5) is 20.5. The van der Waals surface area contributed by atoms with E-state index in [-0.39, 0.29) is 11.7 Å². The lowest BCUT2D eigenvalue weighted by Crippen LogP contribution is -2.14. The number of aromatic nitrogens is 4. The Morgan fingerprint density at radius 1 is 1.42 bits per heavy atom. The van der Waals surface area contributed by atoms with Crippen molar-refractivity contribution in [1.29, 1.82) is 0 Å². The largest absolute Gasteiger partial charge is 0.495 e. The SMILES string of the molecule is COc1ccc(NC(=O)CSc2ncnc3c2cnn3C)cc1Cl. The molecule has 0 saturated heterocycles. The molecule has 0 spiro atoms. The van der Waals surface area contributed by atoms with Crippen molar-refractivity contribution in [2.24, 2.45) is 7.05 Å². The molecule has 3 rings (SSSR count). The summed E-state index contributed by atoms with van der Waals surface area (Å²) in [5.41, 5.74) is 1.34. The normalized spacial score (nSPS) is 10.8. The highest BCUT2D eigenvalue weighted by molar-refractivity contribution is 8.00. The number of fused-ring (bicyclic) bond motifs is 1. The van der Waals surface area contributed by atoms with E-state index in [4.69, 9.17) is 16.3 Å². The van der Waals surface area contributed by atoms with Gasteiger partial charge in [0.25, 0.3) is 0 Å². The number of thioether (sulfide) groups is 1. The Morgan fingerprint density at radius 3 is 3.00 bits per heavy atom. The zero-order valence-corrected chi connectivity index (χ0v) is 14.6. The molecule has 0 atom stereocenters. The van der Waals surface area contributed by atoms with Gasteiger partial charge in [-0.25, -0.2) is 9.97 Å². The summed E-state index contributed by atoms with van der Waals surface area (Å²) in [6, 6.07) is 5.08. The van der Waals surface area contributed by atoms with Crippen molar-refractivity contribution in [2.45, 2.75) is 5.03 Å². The smallest absolute Gasteiger partial charge is 0.234 e. The number of nitrogens with zero attached hydrogens (tertiary/aromatic N) is 4. The lowest BCUT2D eigenvalue weighted by molar-refractivity contribution is -0.113. The van der Waals surface area contributed by atoms with E-state index in [2.05, 4.69) is 20.4 Å². The summed E-state index contributed by atoms with van der Waals surface area (Å²) in [6.07, 6.45) is 3.16. The number of ether oxygens (including phenoxy) is 1. The van der Waals surface area contributed by atoms with Gasteiger partial charge in [-0.15, -0.1) is 0 Å². The molecule has 3 aromatic rings. The zero-order chi connectivity index (χ0) is 17.1. The van der Waals surface area contributed by atoms with Crippen LogP contribution in [0.3, 0.4) is 0 Å². The number of aryl methyl sites for hydroxylation is 1. The number of nitrogens with one attached hydrogen (secondary N) is 1. The molecule has 0 aliphatic rings. The van der Waals surface area contributed by atoms with Crippen LogP contribution in [0.4, 0.5) is 5.69 Å². The minimum absolute atomic E-state index is 0.156. The number of anilines is 1. The van der Waals surface area contributed by atoms with Gasteiger partial charge in [0.15, 0.2) is 5.65 Å². The Hall–Kier alpha value is -2.32. The predicted molar refractivity (Wildman–Crippen MR) is 93.7 cm³/mol. The van der Waals surface area contributed by atoms with Crippen LogP contribution in [0.5, 0.6) is 5.75 Å². The van der Waals surface area contributed by atoms with Crippen molar-refractivity contribution in [3.8, 4) is 5.75 Å². The quantitative estimate of drug-likeness (QED) is 0.554. The number of rotatable bonds is 5. The molecule has 2 aromatic heterocycles. The molecule has 2 heterocycles. The number of benzene rings is 1. The number of methoxy groups -OCH3 is 1. The minimum Gasteiger partial charge on any atom is -0.495 e. The molecule has 0 radical (unpaired) electrons. The first kappa shape index (κ1) is 16.5. The first-order valence-corrected chi connectivity index (χ1v) is 8.33. The van der Waals surface area contributed by atoms with Gasteiger partial charge in [-0.3, -0.25) is 9.48 Å². The van der Waals surface area contributed by atoms with Gasteiger partial charge in [-0.1, -0.05) is 23.4 Å². The standard InChI is InChI=1S/C15H14ClN5O2S/c1-21-14-10(6-19-21)15(18-8-17-14)24-7-13(22)20-9-3-4-12(23-2)11(16)5-9/h3-6,8H,7H2,1-2H3,(H,20,22). The Bertz CT molecular complexity index is 899. The minimum atomic E-state index is -0.156. The lowest BCUT2D eigenvalue weighted by Gasteiger charge is -2.08. The summed E-state index contributed by atoms with van der Waals surface area (Å²) in [5, 5.41) is 8.93. The molecule has 0 unspecified atom stereocenters. The second kappa shape index (κ2) is 7.06. The Balaban J connectivity index is 1.66. The van der Waals surface area contributed by atoms with E-state index in [1.165, 1.54) is 25.2 Å². The van der Waals surface area contributed by atoms with Crippen LogP contribution in [0.15, 0.2) is 35.7 Å². The number of amides is 1. The molecule has 24 heavy (non-hydrogen) atoms. The molecule has 0 aliphatic carbocycles. The van der Waals surface area contributed by atoms with Crippen molar-refractivity contribution in [1.82, 2.24) is 19.7 Å². The second-order valence-electron chi connectivity index (χ2n) is 4.87. The van der Waals surface area contributed by atoms with Crippen molar-refractivity contribution in [3.05, 3.63) is 35.7 Å². The van der Waals surface area contributed by atoms with Crippen molar-refractivity contribution in [2.75, 3.05) is 18.2 Å². The molecule has 0 bridgehead atoms. The average Bonchev–Trinajstić information content (AvgIpc) is 2.95. The van der Waals surface area contributed by atoms with Crippen LogP contribution in [0.2, 0.25) is 5.02 Å². The Kier molecular flexibility index (Phi) is 4.86. The third-order valence-corrected chi connectivity index (χ3v) is 4.57. The number of hydrogen-bond acceptors (Lipinski definition) is 6. The average molecular weight is 364 g/mol. The van der Waals surface area contributed by atoms with Gasteiger partial charge in [0.05, 0.1) is 29.5 Å². The molecule has 0 fully saturated rings. The highest BCUT2D eigenvalue weighted by Crippen LogP contribution is 2.28. The van der Waals surface area contributed by atoms with E-state index < -0.39 is 0 Å². The molecule has 9 heteroatoms. The maximum Gasteiger partial charge on any atom is 0.234 e. The van der Waals surface area contributed by atoms with Gasteiger partial charge >= 0.3 is 0 Å². The van der Waals surface area contributed by atoms with Gasteiger partial charge in [0.2, 0.25) is 5.91 Å². The van der Waals surface area contributed by atoms with Crippen LogP contribution >= 0.6 is 23.4 Å². The number of carbonyl (C=O) groups is 1. The summed E-state index contributed by atoms with van der Waals surface area (Å²) < 4.78 is 6.75. The highest BCUT2D eigenvalue weighted by Gasteiger charge is 2.11. The fraction of sp³-hybridized carbons (Fsp3) is 0.200. The van der Waals surface area contributed by atoms with E-state index in [1.807, 2.05) is 7.05 Å². The Labute approximate surface area is 147 Å². The van der Waals surface area contributed by atoms with Gasteiger partial charge < -0.3 is 10.1 Å². The zero-order valence-electron chi connectivity index (χ0n) is 13.0. The van der Waals surface area contributed by atoms with E-state index >= 15 is 0 Å². The van der Waals surface area contributed by atoms with E-state index in [0.717, 1.165) is 16.1 Å². The topological polar surface area (TPSA) is 81.9 Å². The van der Waals surface area contributed by atoms with Crippen LogP contribution in [0.1, 0.15) is 0 Å². The molecule has 0 aliphatic heterocycles. The predicted octanol–water partition coefficient (Wildman–Crippen LogP) is 2.76. The summed E-state index contributed by atoms with van der Waals surface area (Å²) >= 11 is 7.37. The van der Waals surface area contributed by atoms with Crippen molar-refractivity contribution in [3.63, 3.8) is 0 Å². The van der Waals surface area contributed by atoms with Gasteiger partial charge in [-0.05, 0) is 18.2 Å². The molecular formula is C15H14ClN5O2S. The fourth-order valence-corrected chi connectivity index (χ4v) is 3.15. The maximum absolute atomic E-state index is 12.1. The van der Waals surface area contributed by atoms with Gasteiger partial charge in [0.1, 0.15) is 17.1 Å². The van der Waals surface area contributed by atoms with Crippen LogP contribution in [-0.4, -0.2) is 38.5 Å². The van der Waals surface area contributed by atoms with Crippen LogP contribution in [0.25, 0.3) is 11.0 Å². The number of carbonyl (C=O) groups excluding carboxylic acids is 1. The molecular weight excluding hydrogens is 350 g/mol. The van der Waals surface area contributed by atoms with Crippen molar-refractivity contribution < 1.29 is 9.53 Å². The second-order valence-corrected chi connectivity index (χ2v) is 6.24. The molecule has 1 N–H and O–H groups in total.